The fourth-order valence-electron chi connectivity index (χ4n) is 2.88. The number of ether oxygens (including phenoxy) is 1. The van der Waals surface area contributed by atoms with Crippen LogP contribution in [0.4, 0.5) is 23.1 Å². The SMILES string of the molecule is COc1ccc2c(N)nc(N(c3cccnc3)c3cc(C)[nH]n3)cc2c1. The predicted molar refractivity (Wildman–Crippen MR) is 102 cm³/mol. The number of nitrogens with zero attached hydrogens (tertiary/aromatic N) is 4. The highest BCUT2D eigenvalue weighted by molar-refractivity contribution is 5.95. The number of benzene rings is 1. The minimum Gasteiger partial charge on any atom is -0.497 e. The molecule has 130 valence electrons. The van der Waals surface area contributed by atoms with E-state index in [0.29, 0.717) is 17.5 Å². The van der Waals surface area contributed by atoms with Gasteiger partial charge in [-0.05, 0) is 48.7 Å². The van der Waals surface area contributed by atoms with Crippen molar-refractivity contribution in [2.24, 2.45) is 0 Å². The normalized spacial score (nSPS) is 10.8. The van der Waals surface area contributed by atoms with E-state index in [1.807, 2.05) is 54.3 Å². The number of fused-ring (bicyclic) bond motifs is 1. The van der Waals surface area contributed by atoms with Crippen LogP contribution in [0.1, 0.15) is 5.69 Å². The summed E-state index contributed by atoms with van der Waals surface area (Å²) in [5, 5.41) is 9.16. The lowest BCUT2D eigenvalue weighted by Crippen LogP contribution is -2.13. The average Bonchev–Trinajstić information content (AvgIpc) is 3.08. The molecule has 0 saturated heterocycles. The summed E-state index contributed by atoms with van der Waals surface area (Å²) in [5.74, 6) is 2.58. The van der Waals surface area contributed by atoms with Crippen molar-refractivity contribution >= 4 is 33.9 Å². The number of methoxy groups -OCH3 is 1. The van der Waals surface area contributed by atoms with Crippen LogP contribution in [0.15, 0.2) is 54.9 Å². The number of aryl methyl sites for hydroxylation is 1. The molecule has 26 heavy (non-hydrogen) atoms. The molecule has 1 aromatic carbocycles. The molecular formula is C19H18N6O. The maximum Gasteiger partial charge on any atom is 0.160 e. The van der Waals surface area contributed by atoms with Crippen molar-refractivity contribution in [1.82, 2.24) is 20.2 Å². The van der Waals surface area contributed by atoms with Crippen LogP contribution in [0.3, 0.4) is 0 Å². The standard InChI is InChI=1S/C19H18N6O/c1-12-8-18(24-23-12)25(14-4-3-7-21-11-14)17-10-13-9-15(26-2)5-6-16(13)19(20)22-17/h3-11H,1-2H3,(H2,20,22)(H,23,24). The van der Waals surface area contributed by atoms with Gasteiger partial charge in [-0.1, -0.05) is 0 Å². The first kappa shape index (κ1) is 15.9. The molecule has 3 heterocycles. The third-order valence-electron chi connectivity index (χ3n) is 4.11. The van der Waals surface area contributed by atoms with Gasteiger partial charge in [0.25, 0.3) is 0 Å². The Hall–Kier alpha value is -3.61. The molecule has 0 amide bonds. The summed E-state index contributed by atoms with van der Waals surface area (Å²) in [6.07, 6.45) is 3.49. The van der Waals surface area contributed by atoms with Gasteiger partial charge in [0.05, 0.1) is 19.0 Å². The van der Waals surface area contributed by atoms with E-state index in [4.69, 9.17) is 10.5 Å². The van der Waals surface area contributed by atoms with Crippen molar-refractivity contribution in [3.05, 3.63) is 60.6 Å². The molecule has 0 aliphatic rings. The number of nitrogens with two attached hydrogens (primary N) is 1. The van der Waals surface area contributed by atoms with Gasteiger partial charge in [-0.3, -0.25) is 15.0 Å². The Morgan fingerprint density at radius 3 is 2.69 bits per heavy atom. The number of rotatable bonds is 4. The van der Waals surface area contributed by atoms with Crippen LogP contribution in [0.25, 0.3) is 10.8 Å². The fourth-order valence-corrected chi connectivity index (χ4v) is 2.88. The highest BCUT2D eigenvalue weighted by atomic mass is 16.5. The van der Waals surface area contributed by atoms with Crippen LogP contribution in [0, 0.1) is 6.92 Å². The van der Waals surface area contributed by atoms with E-state index < -0.39 is 0 Å². The van der Waals surface area contributed by atoms with Gasteiger partial charge >= 0.3 is 0 Å². The summed E-state index contributed by atoms with van der Waals surface area (Å²) < 4.78 is 5.33. The molecule has 0 fully saturated rings. The monoisotopic (exact) mass is 346 g/mol. The average molecular weight is 346 g/mol. The second-order valence-electron chi connectivity index (χ2n) is 5.91. The zero-order chi connectivity index (χ0) is 18.1. The van der Waals surface area contributed by atoms with Gasteiger partial charge < -0.3 is 10.5 Å². The summed E-state index contributed by atoms with van der Waals surface area (Å²) in [4.78, 5) is 10.7. The predicted octanol–water partition coefficient (Wildman–Crippen LogP) is 3.72. The maximum atomic E-state index is 6.23. The first-order valence-corrected chi connectivity index (χ1v) is 8.12. The molecule has 3 aromatic heterocycles. The largest absolute Gasteiger partial charge is 0.497 e. The molecule has 0 atom stereocenters. The third kappa shape index (κ3) is 2.79. The van der Waals surface area contributed by atoms with E-state index in [9.17, 15) is 0 Å². The van der Waals surface area contributed by atoms with Crippen molar-refractivity contribution in [3.63, 3.8) is 0 Å². The number of nitrogen functional groups attached to an aromatic ring is 1. The lowest BCUT2D eigenvalue weighted by atomic mass is 10.1. The zero-order valence-electron chi connectivity index (χ0n) is 14.5. The molecule has 0 bridgehead atoms. The van der Waals surface area contributed by atoms with Crippen molar-refractivity contribution in [2.45, 2.75) is 6.92 Å². The lowest BCUT2D eigenvalue weighted by molar-refractivity contribution is 0.415. The number of aromatic amines is 1. The number of nitrogens with one attached hydrogen (secondary N) is 1. The number of hydrogen-bond donors (Lipinski definition) is 2. The van der Waals surface area contributed by atoms with Gasteiger partial charge in [0.15, 0.2) is 5.82 Å². The summed E-state index contributed by atoms with van der Waals surface area (Å²) in [6.45, 7) is 1.95. The smallest absolute Gasteiger partial charge is 0.160 e. The van der Waals surface area contributed by atoms with Crippen molar-refractivity contribution in [2.75, 3.05) is 17.7 Å². The molecular weight excluding hydrogens is 328 g/mol. The Balaban J connectivity index is 1.93. The summed E-state index contributed by atoms with van der Waals surface area (Å²) in [7, 11) is 1.64. The van der Waals surface area contributed by atoms with Crippen molar-refractivity contribution in [3.8, 4) is 5.75 Å². The molecule has 3 N–H and O–H groups in total. The van der Waals surface area contributed by atoms with E-state index >= 15 is 0 Å². The highest BCUT2D eigenvalue weighted by Gasteiger charge is 2.18. The highest BCUT2D eigenvalue weighted by Crippen LogP contribution is 2.35. The Morgan fingerprint density at radius 2 is 2.00 bits per heavy atom. The first-order valence-electron chi connectivity index (χ1n) is 8.12. The van der Waals surface area contributed by atoms with Gasteiger partial charge in [0.1, 0.15) is 17.4 Å². The van der Waals surface area contributed by atoms with Gasteiger partial charge in [0, 0.05) is 23.3 Å². The summed E-state index contributed by atoms with van der Waals surface area (Å²) >= 11 is 0. The molecule has 4 rings (SSSR count). The number of hydrogen-bond acceptors (Lipinski definition) is 6. The quantitative estimate of drug-likeness (QED) is 0.585. The second kappa shape index (κ2) is 6.36. The summed E-state index contributed by atoms with van der Waals surface area (Å²) in [6, 6.07) is 13.4. The number of pyridine rings is 2. The maximum absolute atomic E-state index is 6.23. The molecule has 0 aliphatic heterocycles. The molecule has 4 aromatic rings. The summed E-state index contributed by atoms with van der Waals surface area (Å²) in [5.41, 5.74) is 8.01. The number of H-pyrrole nitrogens is 1. The number of anilines is 4. The van der Waals surface area contributed by atoms with Crippen molar-refractivity contribution in [1.29, 1.82) is 0 Å². The van der Waals surface area contributed by atoms with E-state index in [-0.39, 0.29) is 0 Å². The molecule has 7 heteroatoms. The van der Waals surface area contributed by atoms with Crippen LogP contribution in [-0.2, 0) is 0 Å². The van der Waals surface area contributed by atoms with E-state index in [0.717, 1.165) is 27.9 Å². The third-order valence-corrected chi connectivity index (χ3v) is 4.11. The van der Waals surface area contributed by atoms with Crippen LogP contribution in [-0.4, -0.2) is 27.3 Å². The molecule has 0 unspecified atom stereocenters. The Labute approximate surface area is 150 Å². The van der Waals surface area contributed by atoms with E-state index in [1.165, 1.54) is 0 Å². The Bertz CT molecular complexity index is 1060. The Morgan fingerprint density at radius 1 is 1.12 bits per heavy atom. The molecule has 7 nitrogen and oxygen atoms in total. The van der Waals surface area contributed by atoms with Gasteiger partial charge in [0.2, 0.25) is 0 Å². The Kier molecular flexibility index (Phi) is 3.89. The van der Waals surface area contributed by atoms with Gasteiger partial charge in [-0.25, -0.2) is 4.98 Å². The minimum atomic E-state index is 0.446. The minimum absolute atomic E-state index is 0.446. The molecule has 0 saturated carbocycles. The fraction of sp³-hybridized carbons (Fsp3) is 0.105. The van der Waals surface area contributed by atoms with Crippen LogP contribution >= 0.6 is 0 Å². The lowest BCUT2D eigenvalue weighted by Gasteiger charge is -2.22. The van der Waals surface area contributed by atoms with Crippen LogP contribution < -0.4 is 15.4 Å². The van der Waals surface area contributed by atoms with Gasteiger partial charge in [-0.15, -0.1) is 0 Å². The molecule has 0 spiro atoms. The van der Waals surface area contributed by atoms with E-state index in [1.54, 1.807) is 19.5 Å². The van der Waals surface area contributed by atoms with Crippen molar-refractivity contribution < 1.29 is 4.74 Å². The zero-order valence-corrected chi connectivity index (χ0v) is 14.5. The van der Waals surface area contributed by atoms with E-state index in [2.05, 4.69) is 20.2 Å². The van der Waals surface area contributed by atoms with Crippen LogP contribution in [0.5, 0.6) is 5.75 Å². The second-order valence-corrected chi connectivity index (χ2v) is 5.91. The molecule has 0 radical (unpaired) electrons. The molecule has 0 aliphatic carbocycles. The topological polar surface area (TPSA) is 93.0 Å². The first-order chi connectivity index (χ1) is 12.7. The van der Waals surface area contributed by atoms with Gasteiger partial charge in [-0.2, -0.15) is 5.10 Å². The number of aromatic nitrogens is 4. The van der Waals surface area contributed by atoms with Crippen LogP contribution in [0.2, 0.25) is 0 Å².